The highest BCUT2D eigenvalue weighted by Crippen LogP contribution is 2.23. The number of ether oxygens (including phenoxy) is 3. The van der Waals surface area contributed by atoms with Crippen LogP contribution in [-0.4, -0.2) is 31.8 Å². The fourth-order valence-electron chi connectivity index (χ4n) is 3.18. The van der Waals surface area contributed by atoms with Crippen molar-refractivity contribution in [2.24, 2.45) is 0 Å². The number of carbonyl (C=O) groups is 2. The second kappa shape index (κ2) is 17.2. The fourth-order valence-corrected chi connectivity index (χ4v) is 3.18. The van der Waals surface area contributed by atoms with Gasteiger partial charge in [-0.3, -0.25) is 0 Å². The van der Waals surface area contributed by atoms with E-state index in [1.165, 1.54) is 44.9 Å². The van der Waals surface area contributed by atoms with Crippen LogP contribution in [0, 0.1) is 29.1 Å². The second-order valence-electron chi connectivity index (χ2n) is 7.96. The van der Waals surface area contributed by atoms with Gasteiger partial charge in [-0.05, 0) is 6.42 Å². The Balaban J connectivity index is 2.08. The van der Waals surface area contributed by atoms with Crippen LogP contribution in [0.25, 0.3) is 0 Å². The Bertz CT molecular complexity index is 744. The number of unbranched alkanes of at least 4 members (excludes halogenated alkanes) is 10. The van der Waals surface area contributed by atoms with Crippen LogP contribution >= 0.6 is 0 Å². The monoisotopic (exact) mass is 496 g/mol. The molecule has 34 heavy (non-hydrogen) atoms. The van der Waals surface area contributed by atoms with E-state index in [9.17, 15) is 31.5 Å². The maximum absolute atomic E-state index is 13.5. The Morgan fingerprint density at radius 3 is 1.50 bits per heavy atom. The normalized spacial score (nSPS) is 11.0. The van der Waals surface area contributed by atoms with Gasteiger partial charge < -0.3 is 14.2 Å². The lowest BCUT2D eigenvalue weighted by Gasteiger charge is -2.09. The van der Waals surface area contributed by atoms with Crippen LogP contribution < -0.4 is 0 Å². The number of esters is 2. The molecule has 0 bridgehead atoms. The largest absolute Gasteiger partial charge is 0.464 e. The van der Waals surface area contributed by atoms with Crippen molar-refractivity contribution in [2.75, 3.05) is 19.8 Å². The summed E-state index contributed by atoms with van der Waals surface area (Å²) in [4.78, 5) is 23.1. The molecule has 10 heteroatoms. The van der Waals surface area contributed by atoms with Gasteiger partial charge in [-0.2, -0.15) is 0 Å². The third-order valence-corrected chi connectivity index (χ3v) is 5.13. The summed E-state index contributed by atoms with van der Waals surface area (Å²) in [6.45, 7) is -0.0655. The van der Waals surface area contributed by atoms with Gasteiger partial charge in [0.05, 0.1) is 12.2 Å². The zero-order chi connectivity index (χ0) is 25.3. The molecule has 0 aliphatic heterocycles. The van der Waals surface area contributed by atoms with Gasteiger partial charge >= 0.3 is 11.9 Å². The first kappa shape index (κ1) is 29.8. The van der Waals surface area contributed by atoms with E-state index in [0.717, 1.165) is 19.3 Å². The van der Waals surface area contributed by atoms with Crippen molar-refractivity contribution in [1.82, 2.24) is 0 Å². The number of carbonyl (C=O) groups excluding carboxylic acids is 2. The lowest BCUT2D eigenvalue weighted by Crippen LogP contribution is -2.19. The fraction of sp³-hybridized carbons (Fsp3) is 0.667. The lowest BCUT2D eigenvalue weighted by atomic mass is 10.1. The number of rotatable bonds is 18. The van der Waals surface area contributed by atoms with Crippen LogP contribution in [0.15, 0.2) is 0 Å². The molecule has 194 valence electrons. The zero-order valence-electron chi connectivity index (χ0n) is 19.5. The molecule has 0 atom stereocenters. The molecular weight excluding hydrogens is 463 g/mol. The molecule has 0 radical (unpaired) electrons. The van der Waals surface area contributed by atoms with Crippen molar-refractivity contribution >= 4 is 11.9 Å². The molecule has 1 aromatic carbocycles. The van der Waals surface area contributed by atoms with Crippen molar-refractivity contribution in [3.8, 4) is 0 Å². The summed E-state index contributed by atoms with van der Waals surface area (Å²) >= 11 is 0. The highest BCUT2D eigenvalue weighted by molar-refractivity contribution is 5.73. The minimum atomic E-state index is -2.31. The molecule has 1 aromatic rings. The minimum absolute atomic E-state index is 0.226. The van der Waals surface area contributed by atoms with E-state index in [4.69, 9.17) is 9.47 Å². The van der Waals surface area contributed by atoms with Gasteiger partial charge in [0.25, 0.3) is 0 Å². The summed E-state index contributed by atoms with van der Waals surface area (Å²) in [5.41, 5.74) is -1.28. The summed E-state index contributed by atoms with van der Waals surface area (Å²) < 4.78 is 80.4. The first-order chi connectivity index (χ1) is 16.3. The molecule has 0 saturated carbocycles. The summed E-state index contributed by atoms with van der Waals surface area (Å²) in [6, 6.07) is 0. The maximum Gasteiger partial charge on any atom is 0.332 e. The Hall–Kier alpha value is -2.23. The topological polar surface area (TPSA) is 61.8 Å². The van der Waals surface area contributed by atoms with Gasteiger partial charge in [0.2, 0.25) is 5.82 Å². The first-order valence-electron chi connectivity index (χ1n) is 11.7. The molecule has 0 unspecified atom stereocenters. The van der Waals surface area contributed by atoms with Crippen LogP contribution in [0.1, 0.15) is 83.1 Å². The molecule has 5 nitrogen and oxygen atoms in total. The van der Waals surface area contributed by atoms with E-state index in [1.807, 2.05) is 0 Å². The van der Waals surface area contributed by atoms with Crippen LogP contribution in [0.2, 0.25) is 0 Å². The number of hydrogen-bond donors (Lipinski definition) is 0. The van der Waals surface area contributed by atoms with Gasteiger partial charge in [0.1, 0.15) is 19.8 Å². The number of hydrogen-bond acceptors (Lipinski definition) is 5. The molecule has 0 aromatic heterocycles. The van der Waals surface area contributed by atoms with Crippen molar-refractivity contribution < 1.29 is 45.8 Å². The molecule has 0 aliphatic rings. The molecule has 0 saturated heterocycles. The van der Waals surface area contributed by atoms with E-state index in [0.29, 0.717) is 6.42 Å². The quantitative estimate of drug-likeness (QED) is 0.0785. The molecule has 0 heterocycles. The predicted molar refractivity (Wildman–Crippen MR) is 114 cm³/mol. The molecule has 0 amide bonds. The van der Waals surface area contributed by atoms with Crippen LogP contribution in [0.3, 0.4) is 0 Å². The average Bonchev–Trinajstić information content (AvgIpc) is 2.82. The highest BCUT2D eigenvalue weighted by atomic mass is 19.2. The second-order valence-corrected chi connectivity index (χ2v) is 7.96. The standard InChI is InChI=1S/C24H33F5O5/c1-2-3-4-5-6-7-8-9-10-11-12-13-33-18(30)15-32-16-19(31)34-14-17-20(25)22(27)24(29)23(28)21(17)26/h2-16H2,1H3. The van der Waals surface area contributed by atoms with Crippen LogP contribution in [-0.2, 0) is 30.4 Å². The van der Waals surface area contributed by atoms with Crippen LogP contribution in [0.4, 0.5) is 22.0 Å². The summed E-state index contributed by atoms with van der Waals surface area (Å²) in [5, 5.41) is 0. The van der Waals surface area contributed by atoms with E-state index in [2.05, 4.69) is 11.7 Å². The van der Waals surface area contributed by atoms with Gasteiger partial charge in [-0.15, -0.1) is 0 Å². The molecule has 1 rings (SSSR count). The Kier molecular flexibility index (Phi) is 15.1. The summed E-state index contributed by atoms with van der Waals surface area (Å²) in [5.74, 6) is -12.6. The molecule has 0 aliphatic carbocycles. The van der Waals surface area contributed by atoms with E-state index in [1.54, 1.807) is 0 Å². The van der Waals surface area contributed by atoms with Crippen molar-refractivity contribution in [1.29, 1.82) is 0 Å². The van der Waals surface area contributed by atoms with Crippen molar-refractivity contribution in [2.45, 2.75) is 84.2 Å². The maximum atomic E-state index is 13.5. The zero-order valence-corrected chi connectivity index (χ0v) is 19.5. The van der Waals surface area contributed by atoms with E-state index >= 15 is 0 Å². The van der Waals surface area contributed by atoms with Gasteiger partial charge in [0, 0.05) is 0 Å². The number of benzene rings is 1. The third-order valence-electron chi connectivity index (χ3n) is 5.13. The predicted octanol–water partition coefficient (Wildman–Crippen LogP) is 6.30. The average molecular weight is 497 g/mol. The Labute approximate surface area is 196 Å². The molecule has 0 fully saturated rings. The Morgan fingerprint density at radius 1 is 0.588 bits per heavy atom. The molecule has 0 N–H and O–H groups in total. The lowest BCUT2D eigenvalue weighted by molar-refractivity contribution is -0.156. The summed E-state index contributed by atoms with van der Waals surface area (Å²) in [6.07, 6.45) is 12.8. The minimum Gasteiger partial charge on any atom is -0.464 e. The smallest absolute Gasteiger partial charge is 0.332 e. The summed E-state index contributed by atoms with van der Waals surface area (Å²) in [7, 11) is 0. The van der Waals surface area contributed by atoms with Gasteiger partial charge in [-0.25, -0.2) is 31.5 Å². The van der Waals surface area contributed by atoms with E-state index < -0.39 is 66.4 Å². The third kappa shape index (κ3) is 11.3. The molecular formula is C24H33F5O5. The van der Waals surface area contributed by atoms with Gasteiger partial charge in [0.15, 0.2) is 23.3 Å². The van der Waals surface area contributed by atoms with Gasteiger partial charge in [-0.1, -0.05) is 71.1 Å². The Morgan fingerprint density at radius 2 is 1.00 bits per heavy atom. The number of halogens is 5. The molecule has 0 spiro atoms. The first-order valence-corrected chi connectivity index (χ1v) is 11.7. The van der Waals surface area contributed by atoms with E-state index in [-0.39, 0.29) is 6.61 Å². The van der Waals surface area contributed by atoms with Crippen molar-refractivity contribution in [3.05, 3.63) is 34.6 Å². The highest BCUT2D eigenvalue weighted by Gasteiger charge is 2.26. The SMILES string of the molecule is CCCCCCCCCCCCCOC(=O)COCC(=O)OCc1c(F)c(F)c(F)c(F)c1F. The van der Waals surface area contributed by atoms with Crippen LogP contribution in [0.5, 0.6) is 0 Å². The van der Waals surface area contributed by atoms with Crippen molar-refractivity contribution in [3.63, 3.8) is 0 Å².